The van der Waals surface area contributed by atoms with E-state index < -0.39 is 0 Å². The van der Waals surface area contributed by atoms with Crippen LogP contribution in [0, 0.1) is 0 Å². The molecule has 6 heteroatoms. The molecule has 1 aromatic carbocycles. The lowest BCUT2D eigenvalue weighted by atomic mass is 10.0. The Bertz CT molecular complexity index is 497. The zero-order valence-corrected chi connectivity index (χ0v) is 9.46. The van der Waals surface area contributed by atoms with E-state index in [0.717, 1.165) is 5.56 Å². The molecule has 5 nitrogen and oxygen atoms in total. The van der Waals surface area contributed by atoms with Crippen LogP contribution in [0.5, 0.6) is 0 Å². The zero-order chi connectivity index (χ0) is 12.1. The van der Waals surface area contributed by atoms with Gasteiger partial charge in [0.25, 0.3) is 5.90 Å². The molecule has 88 valence electrons. The van der Waals surface area contributed by atoms with Crippen molar-refractivity contribution in [3.63, 3.8) is 0 Å². The molecular weight excluding hydrogens is 244 g/mol. The van der Waals surface area contributed by atoms with Crippen LogP contribution in [0.2, 0.25) is 0 Å². The van der Waals surface area contributed by atoms with E-state index >= 15 is 0 Å². The first-order valence-electron chi connectivity index (χ1n) is 4.79. The van der Waals surface area contributed by atoms with E-state index in [1.165, 1.54) is 12.5 Å². The molecule has 1 aliphatic rings. The van der Waals surface area contributed by atoms with Gasteiger partial charge < -0.3 is 14.8 Å². The van der Waals surface area contributed by atoms with Gasteiger partial charge in [0.2, 0.25) is 0 Å². The van der Waals surface area contributed by atoms with Gasteiger partial charge in [-0.1, -0.05) is 29.4 Å². The van der Waals surface area contributed by atoms with Crippen molar-refractivity contribution in [3.8, 4) is 0 Å². The molecule has 1 N–H and O–H groups in total. The van der Waals surface area contributed by atoms with Crippen LogP contribution in [0.25, 0.3) is 0 Å². The summed E-state index contributed by atoms with van der Waals surface area (Å²) in [6.07, 6.45) is 2.57. The quantitative estimate of drug-likeness (QED) is 0.389. The minimum Gasteiger partial charge on any atom is -0.439 e. The van der Waals surface area contributed by atoms with Gasteiger partial charge in [-0.15, -0.1) is 11.6 Å². The molecule has 0 unspecified atom stereocenters. The van der Waals surface area contributed by atoms with Crippen LogP contribution in [0.3, 0.4) is 0 Å². The molecule has 0 aromatic heterocycles. The summed E-state index contributed by atoms with van der Waals surface area (Å²) in [7, 11) is 0. The summed E-state index contributed by atoms with van der Waals surface area (Å²) in [4.78, 5) is 4.72. The summed E-state index contributed by atoms with van der Waals surface area (Å²) in [6.45, 7) is 0. The molecule has 2 rings (SSSR count). The predicted octanol–water partition coefficient (Wildman–Crippen LogP) is 2.44. The van der Waals surface area contributed by atoms with Crippen LogP contribution in [-0.2, 0) is 15.5 Å². The lowest BCUT2D eigenvalue weighted by Gasteiger charge is -2.11. The van der Waals surface area contributed by atoms with E-state index in [1.807, 2.05) is 12.1 Å². The Hall–Kier alpha value is -2.01. The van der Waals surface area contributed by atoms with Crippen molar-refractivity contribution < 1.29 is 14.8 Å². The number of oxime groups is 2. The minimum absolute atomic E-state index is 0.0765. The lowest BCUT2D eigenvalue weighted by molar-refractivity contribution is 0.223. The second-order valence-electron chi connectivity index (χ2n) is 3.13. The average molecular weight is 253 g/mol. The second-order valence-corrected chi connectivity index (χ2v) is 3.40. The molecule has 0 aliphatic carbocycles. The second kappa shape index (κ2) is 5.36. The number of benzene rings is 1. The molecular formula is C11H9ClN2O3. The highest BCUT2D eigenvalue weighted by Crippen LogP contribution is 2.15. The van der Waals surface area contributed by atoms with Gasteiger partial charge in [-0.05, 0) is 10.7 Å². The first-order chi connectivity index (χ1) is 8.36. The van der Waals surface area contributed by atoms with Crippen LogP contribution in [0.4, 0.5) is 0 Å². The first kappa shape index (κ1) is 11.5. The summed E-state index contributed by atoms with van der Waals surface area (Å²) in [5.41, 5.74) is 1.62. The lowest BCUT2D eigenvalue weighted by Crippen LogP contribution is -2.20. The zero-order valence-electron chi connectivity index (χ0n) is 8.71. The number of hydrogen-bond acceptors (Lipinski definition) is 5. The maximum atomic E-state index is 9.06. The summed E-state index contributed by atoms with van der Waals surface area (Å²) in [6, 6.07) is 7.23. The van der Waals surface area contributed by atoms with Crippen LogP contribution in [0.1, 0.15) is 11.1 Å². The first-order valence-corrected chi connectivity index (χ1v) is 5.32. The maximum Gasteiger partial charge on any atom is 0.286 e. The number of alkyl halides is 1. The molecule has 1 heterocycles. The number of rotatable bonds is 3. The van der Waals surface area contributed by atoms with E-state index in [1.54, 1.807) is 12.1 Å². The van der Waals surface area contributed by atoms with Crippen molar-refractivity contribution in [3.05, 3.63) is 47.9 Å². The minimum atomic E-state index is 0.0765. The molecule has 0 radical (unpaired) electrons. The van der Waals surface area contributed by atoms with Gasteiger partial charge >= 0.3 is 0 Å². The molecule has 0 atom stereocenters. The van der Waals surface area contributed by atoms with Crippen LogP contribution in [-0.4, -0.2) is 16.8 Å². The van der Waals surface area contributed by atoms with E-state index in [0.29, 0.717) is 11.4 Å². The van der Waals surface area contributed by atoms with Crippen LogP contribution in [0.15, 0.2) is 47.1 Å². The third-order valence-electron chi connectivity index (χ3n) is 2.15. The van der Waals surface area contributed by atoms with Crippen molar-refractivity contribution >= 4 is 23.2 Å². The fourth-order valence-corrected chi connectivity index (χ4v) is 1.63. The molecule has 0 spiro atoms. The number of nitrogens with zero attached hydrogens (tertiary/aromatic N) is 2. The highest BCUT2D eigenvalue weighted by Gasteiger charge is 2.19. The Morgan fingerprint density at radius 2 is 2.18 bits per heavy atom. The molecule has 0 amide bonds. The van der Waals surface area contributed by atoms with Gasteiger partial charge in [0.1, 0.15) is 6.26 Å². The summed E-state index contributed by atoms with van der Waals surface area (Å²) in [5.74, 6) is 0.367. The van der Waals surface area contributed by atoms with Gasteiger partial charge in [0.05, 0.1) is 0 Å². The van der Waals surface area contributed by atoms with E-state index in [2.05, 4.69) is 10.3 Å². The fraction of sp³-hybridized carbons (Fsp3) is 0.0909. The molecule has 0 saturated heterocycles. The molecule has 0 bridgehead atoms. The highest BCUT2D eigenvalue weighted by molar-refractivity contribution is 6.45. The van der Waals surface area contributed by atoms with Crippen LogP contribution < -0.4 is 0 Å². The van der Waals surface area contributed by atoms with E-state index in [9.17, 15) is 0 Å². The number of ether oxygens (including phenoxy) is 1. The number of hydrogen-bond donors (Lipinski definition) is 1. The van der Waals surface area contributed by atoms with Crippen molar-refractivity contribution in [2.75, 3.05) is 0 Å². The molecule has 17 heavy (non-hydrogen) atoms. The average Bonchev–Trinajstić information content (AvgIpc) is 2.41. The SMILES string of the molecule is O/N=C(/C1=NOC=CO1)c1ccccc1CCl. The van der Waals surface area contributed by atoms with Crippen molar-refractivity contribution in [1.82, 2.24) is 0 Å². The normalized spacial score (nSPS) is 14.9. The summed E-state index contributed by atoms with van der Waals surface area (Å²) >= 11 is 5.81. The van der Waals surface area contributed by atoms with Gasteiger partial charge in [-0.25, -0.2) is 0 Å². The third-order valence-corrected chi connectivity index (χ3v) is 2.44. The summed E-state index contributed by atoms with van der Waals surface area (Å²) < 4.78 is 5.10. The molecule has 1 aromatic rings. The van der Waals surface area contributed by atoms with Gasteiger partial charge in [0.15, 0.2) is 12.0 Å². The van der Waals surface area contributed by atoms with Gasteiger partial charge in [-0.3, -0.25) is 0 Å². The molecule has 0 saturated carbocycles. The topological polar surface area (TPSA) is 63.4 Å². The van der Waals surface area contributed by atoms with Crippen LogP contribution >= 0.6 is 11.6 Å². The Labute approximate surface area is 103 Å². The largest absolute Gasteiger partial charge is 0.439 e. The number of halogens is 1. The van der Waals surface area contributed by atoms with E-state index in [4.69, 9.17) is 26.4 Å². The van der Waals surface area contributed by atoms with Crippen molar-refractivity contribution in [2.24, 2.45) is 10.3 Å². The van der Waals surface area contributed by atoms with Gasteiger partial charge in [-0.2, -0.15) is 0 Å². The van der Waals surface area contributed by atoms with Crippen molar-refractivity contribution in [1.29, 1.82) is 0 Å². The van der Waals surface area contributed by atoms with Gasteiger partial charge in [0, 0.05) is 11.4 Å². The predicted molar refractivity (Wildman–Crippen MR) is 63.1 cm³/mol. The van der Waals surface area contributed by atoms with Crippen molar-refractivity contribution in [2.45, 2.75) is 5.88 Å². The third kappa shape index (κ3) is 2.39. The Morgan fingerprint density at radius 3 is 2.82 bits per heavy atom. The van der Waals surface area contributed by atoms with E-state index in [-0.39, 0.29) is 11.6 Å². The summed E-state index contributed by atoms with van der Waals surface area (Å²) in [5, 5.41) is 15.9. The maximum absolute atomic E-state index is 9.06. The molecule has 0 fully saturated rings. The Balaban J connectivity index is 2.39. The monoisotopic (exact) mass is 252 g/mol. The Kier molecular flexibility index (Phi) is 3.62. The fourth-order valence-electron chi connectivity index (χ4n) is 1.40. The highest BCUT2D eigenvalue weighted by atomic mass is 35.5. The Morgan fingerprint density at radius 1 is 1.35 bits per heavy atom. The smallest absolute Gasteiger partial charge is 0.286 e. The standard InChI is InChI=1S/C11H9ClN2O3/c12-7-8-3-1-2-4-9(8)10(13-15)11-14-17-6-5-16-11/h1-6,15H,7H2/b13-10+. The molecule has 1 aliphatic heterocycles.